The number of hydrogen-bond donors (Lipinski definition) is 2. The highest BCUT2D eigenvalue weighted by Crippen LogP contribution is 2.20. The second-order valence-electron chi connectivity index (χ2n) is 3.99. The average molecular weight is 304 g/mol. The van der Waals surface area contributed by atoms with Gasteiger partial charge in [0.1, 0.15) is 11.5 Å². The maximum Gasteiger partial charge on any atom is 0.275 e. The Labute approximate surface area is 126 Å². The third kappa shape index (κ3) is 3.78. The molecule has 106 valence electrons. The molecule has 0 atom stereocenters. The fourth-order valence-electron chi connectivity index (χ4n) is 1.60. The number of benzene rings is 1. The number of halogens is 2. The number of nitrogens with two attached hydrogens (primary N) is 1. The molecule has 1 aromatic heterocycles. The van der Waals surface area contributed by atoms with E-state index in [4.69, 9.17) is 17.3 Å². The van der Waals surface area contributed by atoms with Gasteiger partial charge in [0.25, 0.3) is 5.91 Å². The van der Waals surface area contributed by atoms with Gasteiger partial charge in [0.05, 0.1) is 17.1 Å². The largest absolute Gasteiger partial charge is 0.321 e. The lowest BCUT2D eigenvalue weighted by atomic mass is 10.2. The minimum Gasteiger partial charge on any atom is -0.321 e. The van der Waals surface area contributed by atoms with Crippen molar-refractivity contribution < 1.29 is 9.18 Å². The number of hydrogen-bond acceptors (Lipinski definition) is 3. The molecular formula is C15H11ClFN3O. The zero-order valence-electron chi connectivity index (χ0n) is 10.9. The summed E-state index contributed by atoms with van der Waals surface area (Å²) in [7, 11) is 0. The first-order valence-electron chi connectivity index (χ1n) is 6.02. The molecule has 0 fully saturated rings. The molecule has 0 saturated heterocycles. The number of carbonyl (C=O) groups excluding carboxylic acids is 1. The first kappa shape index (κ1) is 15.0. The Morgan fingerprint density at radius 1 is 1.43 bits per heavy atom. The molecule has 1 aromatic carbocycles. The number of aromatic nitrogens is 1. The molecular weight excluding hydrogens is 293 g/mol. The minimum absolute atomic E-state index is 0.0723. The molecule has 6 heteroatoms. The summed E-state index contributed by atoms with van der Waals surface area (Å²) in [5.74, 6) is 4.43. The molecule has 0 bridgehead atoms. The maximum absolute atomic E-state index is 13.1. The Kier molecular flexibility index (Phi) is 4.88. The number of nitrogens with zero attached hydrogens (tertiary/aromatic N) is 1. The Balaban J connectivity index is 2.26. The van der Waals surface area contributed by atoms with Crippen molar-refractivity contribution in [1.82, 2.24) is 4.98 Å². The average Bonchev–Trinajstić information content (AvgIpc) is 2.49. The molecule has 4 nitrogen and oxygen atoms in total. The van der Waals surface area contributed by atoms with Gasteiger partial charge < -0.3 is 11.1 Å². The quantitative estimate of drug-likeness (QED) is 0.837. The van der Waals surface area contributed by atoms with E-state index in [9.17, 15) is 9.18 Å². The van der Waals surface area contributed by atoms with Crippen LogP contribution in [0.4, 0.5) is 10.1 Å². The van der Waals surface area contributed by atoms with E-state index in [2.05, 4.69) is 22.1 Å². The van der Waals surface area contributed by atoms with Gasteiger partial charge in [0, 0.05) is 11.9 Å². The molecule has 0 radical (unpaired) electrons. The highest BCUT2D eigenvalue weighted by molar-refractivity contribution is 6.31. The van der Waals surface area contributed by atoms with Crippen LogP contribution in [-0.2, 0) is 0 Å². The fraction of sp³-hybridized carbons (Fsp3) is 0.0667. The Bertz CT molecular complexity index is 737. The van der Waals surface area contributed by atoms with Gasteiger partial charge in [0.2, 0.25) is 0 Å². The summed E-state index contributed by atoms with van der Waals surface area (Å²) in [4.78, 5) is 16.2. The van der Waals surface area contributed by atoms with Crippen molar-refractivity contribution in [3.63, 3.8) is 0 Å². The molecule has 1 amide bonds. The topological polar surface area (TPSA) is 68.0 Å². The van der Waals surface area contributed by atoms with Crippen LogP contribution in [0.5, 0.6) is 0 Å². The molecule has 3 N–H and O–H groups in total. The Morgan fingerprint density at radius 2 is 2.24 bits per heavy atom. The van der Waals surface area contributed by atoms with Crippen molar-refractivity contribution in [1.29, 1.82) is 0 Å². The Morgan fingerprint density at radius 3 is 2.95 bits per heavy atom. The number of rotatable bonds is 2. The van der Waals surface area contributed by atoms with Crippen LogP contribution in [0, 0.1) is 17.7 Å². The molecule has 0 aliphatic carbocycles. The number of pyridine rings is 1. The summed E-state index contributed by atoms with van der Waals surface area (Å²) in [6.45, 7) is 0.184. The van der Waals surface area contributed by atoms with Gasteiger partial charge in [-0.05, 0) is 30.3 Å². The summed E-state index contributed by atoms with van der Waals surface area (Å²) >= 11 is 5.66. The molecule has 0 unspecified atom stereocenters. The van der Waals surface area contributed by atoms with Crippen LogP contribution in [0.15, 0.2) is 36.5 Å². The summed E-state index contributed by atoms with van der Waals surface area (Å²) in [6, 6.07) is 7.25. The molecule has 2 aromatic rings. The van der Waals surface area contributed by atoms with Crippen LogP contribution < -0.4 is 11.1 Å². The number of carbonyl (C=O) groups is 1. The van der Waals surface area contributed by atoms with E-state index in [0.29, 0.717) is 11.3 Å². The zero-order valence-corrected chi connectivity index (χ0v) is 11.6. The van der Waals surface area contributed by atoms with Crippen molar-refractivity contribution >= 4 is 23.2 Å². The van der Waals surface area contributed by atoms with Crippen molar-refractivity contribution in [2.75, 3.05) is 11.9 Å². The van der Waals surface area contributed by atoms with E-state index in [0.717, 1.165) is 0 Å². The SMILES string of the molecule is NCC#Cc1cccnc1C(=O)Nc1ccc(F)c(Cl)c1. The Hall–Kier alpha value is -2.42. The van der Waals surface area contributed by atoms with Crippen molar-refractivity contribution in [2.45, 2.75) is 0 Å². The standard InChI is InChI=1S/C15H11ClFN3O/c16-12-9-11(5-6-13(12)17)20-15(21)14-10(3-1-7-18)4-2-8-19-14/h2,4-6,8-9H,7,18H2,(H,20,21). The smallest absolute Gasteiger partial charge is 0.275 e. The summed E-state index contributed by atoms with van der Waals surface area (Å²) in [6.07, 6.45) is 1.49. The van der Waals surface area contributed by atoms with E-state index in [1.807, 2.05) is 0 Å². The van der Waals surface area contributed by atoms with Crippen molar-refractivity contribution in [3.05, 3.63) is 58.6 Å². The lowest BCUT2D eigenvalue weighted by Crippen LogP contribution is -2.15. The van der Waals surface area contributed by atoms with Crippen LogP contribution in [-0.4, -0.2) is 17.4 Å². The number of anilines is 1. The van der Waals surface area contributed by atoms with Gasteiger partial charge in [-0.25, -0.2) is 9.37 Å². The van der Waals surface area contributed by atoms with Gasteiger partial charge >= 0.3 is 0 Å². The van der Waals surface area contributed by atoms with Crippen LogP contribution in [0.25, 0.3) is 0 Å². The molecule has 2 rings (SSSR count). The van der Waals surface area contributed by atoms with E-state index in [1.165, 1.54) is 24.4 Å². The lowest BCUT2D eigenvalue weighted by molar-refractivity contribution is 0.102. The predicted octanol–water partition coefficient (Wildman–Crippen LogP) is 2.44. The molecule has 1 heterocycles. The second kappa shape index (κ2) is 6.84. The van der Waals surface area contributed by atoms with E-state index in [1.54, 1.807) is 12.1 Å². The molecule has 0 spiro atoms. The summed E-state index contributed by atoms with van der Waals surface area (Å²) in [5.41, 5.74) is 6.31. The fourth-order valence-corrected chi connectivity index (χ4v) is 1.78. The molecule has 0 aliphatic heterocycles. The highest BCUT2D eigenvalue weighted by Gasteiger charge is 2.12. The third-order valence-electron chi connectivity index (χ3n) is 2.53. The third-order valence-corrected chi connectivity index (χ3v) is 2.82. The second-order valence-corrected chi connectivity index (χ2v) is 4.40. The van der Waals surface area contributed by atoms with Crippen LogP contribution in [0.2, 0.25) is 5.02 Å². The lowest BCUT2D eigenvalue weighted by Gasteiger charge is -2.06. The monoisotopic (exact) mass is 303 g/mol. The first-order chi connectivity index (χ1) is 10.1. The van der Waals surface area contributed by atoms with Crippen molar-refractivity contribution in [2.24, 2.45) is 5.73 Å². The number of amides is 1. The van der Waals surface area contributed by atoms with E-state index in [-0.39, 0.29) is 17.3 Å². The van der Waals surface area contributed by atoms with Gasteiger partial charge in [-0.15, -0.1) is 0 Å². The van der Waals surface area contributed by atoms with Gasteiger partial charge in [-0.3, -0.25) is 4.79 Å². The summed E-state index contributed by atoms with van der Waals surface area (Å²) < 4.78 is 13.1. The minimum atomic E-state index is -0.554. The normalized spacial score (nSPS) is 9.67. The van der Waals surface area contributed by atoms with Gasteiger partial charge in [-0.2, -0.15) is 0 Å². The summed E-state index contributed by atoms with van der Waals surface area (Å²) in [5, 5.41) is 2.52. The molecule has 0 aliphatic rings. The maximum atomic E-state index is 13.1. The van der Waals surface area contributed by atoms with Crippen LogP contribution in [0.1, 0.15) is 16.1 Å². The van der Waals surface area contributed by atoms with Gasteiger partial charge in [0.15, 0.2) is 0 Å². The van der Waals surface area contributed by atoms with Crippen molar-refractivity contribution in [3.8, 4) is 11.8 Å². The van der Waals surface area contributed by atoms with E-state index >= 15 is 0 Å². The zero-order chi connectivity index (χ0) is 15.2. The first-order valence-corrected chi connectivity index (χ1v) is 6.40. The van der Waals surface area contributed by atoms with Gasteiger partial charge in [-0.1, -0.05) is 23.4 Å². The molecule has 21 heavy (non-hydrogen) atoms. The molecule has 0 saturated carbocycles. The number of nitrogens with one attached hydrogen (secondary N) is 1. The predicted molar refractivity (Wildman–Crippen MR) is 79.5 cm³/mol. The van der Waals surface area contributed by atoms with Crippen LogP contribution >= 0.6 is 11.6 Å². The van der Waals surface area contributed by atoms with Crippen LogP contribution in [0.3, 0.4) is 0 Å². The van der Waals surface area contributed by atoms with E-state index < -0.39 is 11.7 Å². The highest BCUT2D eigenvalue weighted by atomic mass is 35.5.